The predicted octanol–water partition coefficient (Wildman–Crippen LogP) is -8.99. The Morgan fingerprint density at radius 3 is 1.82 bits per heavy atom. The Kier molecular flexibility index (Phi) is 15.0. The first-order valence-corrected chi connectivity index (χ1v) is 15.5. The molecular weight excluding hydrogens is 692 g/mol. The van der Waals surface area contributed by atoms with E-state index >= 15 is 0 Å². The third kappa shape index (κ3) is 9.04. The molecule has 13 N–H and O–H groups in total. The molecule has 50 heavy (non-hydrogen) atoms. The highest BCUT2D eigenvalue weighted by Gasteiger charge is 2.54. The molecule has 4 aliphatic rings. The van der Waals surface area contributed by atoms with E-state index in [4.69, 9.17) is 47.7 Å². The minimum atomic E-state index is -1.99. The van der Waals surface area contributed by atoms with Crippen LogP contribution in [0.25, 0.3) is 0 Å². The monoisotopic (exact) mass is 738 g/mol. The number of aliphatic carboxylic acids is 1. The van der Waals surface area contributed by atoms with Gasteiger partial charge in [-0.2, -0.15) is 0 Å². The standard InChI is InChI=1S/C27H46O23/c1-42-20-16(36)19(39)26(50-22(20)23(40)41)49-21-15(35)11(47-24-17(37)13(33)8(31)4-43-24)6-45-27(21)48-10-5-44-25(18(38)14(10)34)46-9(3-29)12(32)7(30)2-28/h7-22,24-39H,2-6H2,1H3,(H,40,41)/t7-,8+,9+,10+,11+,12+,13-,14-,15-,16+,17+,18+,19+,20-,21+,22-,24-,25-,26-,27-/m0/s1. The molecule has 4 heterocycles. The van der Waals surface area contributed by atoms with Gasteiger partial charge in [0.2, 0.25) is 0 Å². The zero-order chi connectivity index (χ0) is 37.0. The Balaban J connectivity index is 1.51. The van der Waals surface area contributed by atoms with E-state index in [0.717, 1.165) is 7.11 Å². The van der Waals surface area contributed by atoms with E-state index in [1.165, 1.54) is 0 Å². The maximum absolute atomic E-state index is 11.8. The molecule has 4 rings (SSSR count). The van der Waals surface area contributed by atoms with Crippen molar-refractivity contribution in [2.75, 3.05) is 40.1 Å². The molecule has 0 bridgehead atoms. The molecule has 4 saturated heterocycles. The van der Waals surface area contributed by atoms with E-state index in [2.05, 4.69) is 0 Å². The second-order valence-corrected chi connectivity index (χ2v) is 12.1. The highest BCUT2D eigenvalue weighted by molar-refractivity contribution is 5.73. The quantitative estimate of drug-likeness (QED) is 0.0786. The van der Waals surface area contributed by atoms with Gasteiger partial charge in [0.25, 0.3) is 0 Å². The fraction of sp³-hybridized carbons (Fsp3) is 0.963. The van der Waals surface area contributed by atoms with Gasteiger partial charge in [-0.25, -0.2) is 4.79 Å². The average molecular weight is 739 g/mol. The van der Waals surface area contributed by atoms with Crippen LogP contribution in [-0.2, 0) is 47.4 Å². The fourth-order valence-corrected chi connectivity index (χ4v) is 5.71. The summed E-state index contributed by atoms with van der Waals surface area (Å²) in [5, 5.41) is 132. The molecule has 23 heteroatoms. The minimum Gasteiger partial charge on any atom is -0.479 e. The van der Waals surface area contributed by atoms with Gasteiger partial charge in [-0.15, -0.1) is 0 Å². The van der Waals surface area contributed by atoms with Crippen LogP contribution in [0.3, 0.4) is 0 Å². The number of aliphatic hydroxyl groups excluding tert-OH is 12. The van der Waals surface area contributed by atoms with Gasteiger partial charge in [-0.1, -0.05) is 0 Å². The molecule has 0 unspecified atom stereocenters. The third-order valence-electron chi connectivity index (χ3n) is 8.72. The highest BCUT2D eigenvalue weighted by atomic mass is 16.8. The lowest BCUT2D eigenvalue weighted by molar-refractivity contribution is -0.381. The number of carboxylic acid groups (broad SMARTS) is 1. The summed E-state index contributed by atoms with van der Waals surface area (Å²) in [7, 11) is 1.06. The van der Waals surface area contributed by atoms with E-state index < -0.39 is 162 Å². The van der Waals surface area contributed by atoms with Gasteiger partial charge in [-0.3, -0.25) is 0 Å². The van der Waals surface area contributed by atoms with E-state index in [-0.39, 0.29) is 0 Å². The van der Waals surface area contributed by atoms with Crippen LogP contribution < -0.4 is 0 Å². The van der Waals surface area contributed by atoms with Crippen LogP contribution in [0.1, 0.15) is 0 Å². The maximum Gasteiger partial charge on any atom is 0.335 e. The Morgan fingerprint density at radius 2 is 1.22 bits per heavy atom. The van der Waals surface area contributed by atoms with Crippen molar-refractivity contribution in [1.82, 2.24) is 0 Å². The van der Waals surface area contributed by atoms with Gasteiger partial charge in [-0.05, 0) is 0 Å². The Bertz CT molecular complexity index is 1060. The SMILES string of the molecule is CO[C@H]1[C@H](O)[C@@H](O)[C@@H](O[C@H]2[C@H](O[C@@H]3CO[C@@H](O[C@H](CO)[C@H](O)[C@@H](O)CO)[C@H](O)[C@H]3O)OC[C@@H](O[C@@H]3OC[C@@H](O)[C@H](O)[C@H]3O)[C@@H]2O)O[C@@H]1C(=O)O. The molecule has 292 valence electrons. The summed E-state index contributed by atoms with van der Waals surface area (Å²) in [6, 6.07) is 0. The summed E-state index contributed by atoms with van der Waals surface area (Å²) < 4.78 is 49.0. The van der Waals surface area contributed by atoms with Crippen LogP contribution in [-0.4, -0.2) is 235 Å². The Morgan fingerprint density at radius 1 is 0.660 bits per heavy atom. The van der Waals surface area contributed by atoms with E-state index in [9.17, 15) is 66.1 Å². The largest absolute Gasteiger partial charge is 0.479 e. The lowest BCUT2D eigenvalue weighted by Gasteiger charge is -2.47. The second kappa shape index (κ2) is 18.1. The first-order chi connectivity index (χ1) is 23.6. The summed E-state index contributed by atoms with van der Waals surface area (Å²) in [6.07, 6.45) is -34.9. The number of hydrogen-bond donors (Lipinski definition) is 13. The summed E-state index contributed by atoms with van der Waals surface area (Å²) in [4.78, 5) is 11.8. The van der Waals surface area contributed by atoms with Crippen LogP contribution in [0.15, 0.2) is 0 Å². The number of ether oxygens (including phenoxy) is 9. The number of hydrogen-bond acceptors (Lipinski definition) is 22. The number of methoxy groups -OCH3 is 1. The number of carboxylic acids is 1. The summed E-state index contributed by atoms with van der Waals surface area (Å²) in [5.74, 6) is -1.61. The molecule has 4 aliphatic heterocycles. The molecule has 0 saturated carbocycles. The van der Waals surface area contributed by atoms with E-state index in [1.54, 1.807) is 0 Å². The van der Waals surface area contributed by atoms with Crippen molar-refractivity contribution >= 4 is 5.97 Å². The summed E-state index contributed by atoms with van der Waals surface area (Å²) in [6.45, 7) is -3.37. The lowest BCUT2D eigenvalue weighted by Crippen LogP contribution is -2.65. The third-order valence-corrected chi connectivity index (χ3v) is 8.72. The molecule has 0 aromatic heterocycles. The van der Waals surface area contributed by atoms with Crippen molar-refractivity contribution in [2.45, 2.75) is 123 Å². The van der Waals surface area contributed by atoms with Crippen molar-refractivity contribution < 1.29 is 114 Å². The molecular formula is C27H46O23. The molecule has 0 radical (unpaired) electrons. The maximum atomic E-state index is 11.8. The van der Waals surface area contributed by atoms with Gasteiger partial charge < -0.3 is 109 Å². The zero-order valence-electron chi connectivity index (χ0n) is 26.5. The van der Waals surface area contributed by atoms with Crippen LogP contribution in [0.4, 0.5) is 0 Å². The molecule has 0 spiro atoms. The van der Waals surface area contributed by atoms with Gasteiger partial charge in [0.15, 0.2) is 31.3 Å². The Labute approximate surface area is 283 Å². The second-order valence-electron chi connectivity index (χ2n) is 12.1. The van der Waals surface area contributed by atoms with Crippen molar-refractivity contribution in [3.8, 4) is 0 Å². The van der Waals surface area contributed by atoms with Crippen LogP contribution in [0, 0.1) is 0 Å². The zero-order valence-corrected chi connectivity index (χ0v) is 26.5. The highest BCUT2D eigenvalue weighted by Crippen LogP contribution is 2.32. The minimum absolute atomic E-state index is 0.456. The first-order valence-electron chi connectivity index (χ1n) is 15.5. The van der Waals surface area contributed by atoms with Crippen LogP contribution in [0.5, 0.6) is 0 Å². The summed E-state index contributed by atoms with van der Waals surface area (Å²) in [5.41, 5.74) is 0. The van der Waals surface area contributed by atoms with E-state index in [0.29, 0.717) is 0 Å². The van der Waals surface area contributed by atoms with Gasteiger partial charge >= 0.3 is 5.97 Å². The van der Waals surface area contributed by atoms with Gasteiger partial charge in [0, 0.05) is 7.11 Å². The van der Waals surface area contributed by atoms with Crippen molar-refractivity contribution in [1.29, 1.82) is 0 Å². The van der Waals surface area contributed by atoms with Crippen LogP contribution in [0.2, 0.25) is 0 Å². The fourth-order valence-electron chi connectivity index (χ4n) is 5.71. The number of rotatable bonds is 14. The smallest absolute Gasteiger partial charge is 0.335 e. The lowest BCUT2D eigenvalue weighted by atomic mass is 9.98. The molecule has 23 nitrogen and oxygen atoms in total. The molecule has 4 fully saturated rings. The van der Waals surface area contributed by atoms with Gasteiger partial charge in [0.05, 0.1) is 33.0 Å². The van der Waals surface area contributed by atoms with Gasteiger partial charge in [0.1, 0.15) is 91.6 Å². The Hall–Kier alpha value is -1.37. The molecule has 0 aromatic carbocycles. The molecule has 20 atom stereocenters. The molecule has 0 aliphatic carbocycles. The topological polar surface area (TPSA) is 363 Å². The summed E-state index contributed by atoms with van der Waals surface area (Å²) >= 11 is 0. The van der Waals surface area contributed by atoms with E-state index in [1.807, 2.05) is 0 Å². The first kappa shape index (κ1) is 41.4. The van der Waals surface area contributed by atoms with Crippen molar-refractivity contribution in [2.24, 2.45) is 0 Å². The number of aliphatic hydroxyl groups is 12. The average Bonchev–Trinajstić information content (AvgIpc) is 3.10. The van der Waals surface area contributed by atoms with Crippen LogP contribution >= 0.6 is 0 Å². The van der Waals surface area contributed by atoms with Crippen molar-refractivity contribution in [3.63, 3.8) is 0 Å². The molecule has 0 amide bonds. The predicted molar refractivity (Wildman–Crippen MR) is 150 cm³/mol. The number of carbonyl (C=O) groups is 1. The van der Waals surface area contributed by atoms with Crippen molar-refractivity contribution in [3.05, 3.63) is 0 Å². The molecule has 0 aromatic rings. The normalized spacial score (nSPS) is 46.2.